The van der Waals surface area contributed by atoms with E-state index in [1.807, 2.05) is 0 Å². The maximum absolute atomic E-state index is 12.9. The molecule has 2 unspecified atom stereocenters. The van der Waals surface area contributed by atoms with Gasteiger partial charge in [-0.25, -0.2) is 0 Å². The molecule has 0 radical (unpaired) electrons. The number of carbonyl (C=O) groups is 3. The number of nitrogens with one attached hydrogen (secondary N) is 2. The summed E-state index contributed by atoms with van der Waals surface area (Å²) in [5, 5.41) is 6.60. The summed E-state index contributed by atoms with van der Waals surface area (Å²) in [4.78, 5) is 36.4. The number of hydrogen-bond acceptors (Lipinski definition) is 3. The number of anilines is 1. The molecule has 2 aromatic rings. The van der Waals surface area contributed by atoms with E-state index in [2.05, 4.69) is 10.6 Å². The molecule has 3 rings (SSSR count). The average molecular weight is 551 g/mol. The van der Waals surface area contributed by atoms with Crippen LogP contribution in [-0.2, 0) is 9.59 Å². The minimum Gasteiger partial charge on any atom is -0.352 e. The molecular weight excluding hydrogens is 530 g/mol. The fraction of sp³-hybridized carbons (Fsp3) is 0.348. The Balaban J connectivity index is 1.65. The van der Waals surface area contributed by atoms with E-state index in [0.29, 0.717) is 47.1 Å². The Kier molecular flexibility index (Phi) is 8.57. The molecular formula is C23H21Cl5N2O3. The number of amides is 2. The van der Waals surface area contributed by atoms with Crippen molar-refractivity contribution in [3.05, 3.63) is 62.6 Å². The van der Waals surface area contributed by atoms with Gasteiger partial charge in [0.1, 0.15) is 10.1 Å². The van der Waals surface area contributed by atoms with E-state index in [1.165, 1.54) is 19.1 Å². The number of carbonyl (C=O) groups excluding carboxylic acids is 3. The molecule has 1 saturated carbocycles. The van der Waals surface area contributed by atoms with Crippen molar-refractivity contribution >= 4 is 81.3 Å². The van der Waals surface area contributed by atoms with Crippen molar-refractivity contribution in [2.24, 2.45) is 5.92 Å². The van der Waals surface area contributed by atoms with Gasteiger partial charge in [-0.3, -0.25) is 9.59 Å². The predicted octanol–water partition coefficient (Wildman–Crippen LogP) is 6.66. The third-order valence-electron chi connectivity index (χ3n) is 5.30. The van der Waals surface area contributed by atoms with Crippen LogP contribution in [0.5, 0.6) is 0 Å². The van der Waals surface area contributed by atoms with Crippen molar-refractivity contribution in [1.29, 1.82) is 0 Å². The summed E-state index contributed by atoms with van der Waals surface area (Å²) >= 11 is 31.1. The highest BCUT2D eigenvalue weighted by Crippen LogP contribution is 2.65. The van der Waals surface area contributed by atoms with Gasteiger partial charge in [0.05, 0.1) is 16.5 Å². The van der Waals surface area contributed by atoms with E-state index in [4.69, 9.17) is 58.0 Å². The molecule has 0 bridgehead atoms. The highest BCUT2D eigenvalue weighted by atomic mass is 35.5. The zero-order chi connectivity index (χ0) is 24.3. The molecule has 0 aliphatic heterocycles. The Labute approximate surface area is 217 Å². The number of alkyl halides is 2. The molecule has 2 atom stereocenters. The Hall–Kier alpha value is -1.50. The van der Waals surface area contributed by atoms with E-state index < -0.39 is 22.1 Å². The summed E-state index contributed by atoms with van der Waals surface area (Å²) in [5.41, 5.74) is 1.27. The maximum Gasteiger partial charge on any atom is 0.252 e. The van der Waals surface area contributed by atoms with Gasteiger partial charge >= 0.3 is 0 Å². The Morgan fingerprint density at radius 1 is 0.970 bits per heavy atom. The van der Waals surface area contributed by atoms with Gasteiger partial charge in [0, 0.05) is 34.6 Å². The zero-order valence-electron chi connectivity index (χ0n) is 17.6. The van der Waals surface area contributed by atoms with E-state index in [9.17, 15) is 14.4 Å². The van der Waals surface area contributed by atoms with E-state index in [1.54, 1.807) is 24.3 Å². The van der Waals surface area contributed by atoms with E-state index in [0.717, 1.165) is 0 Å². The molecule has 0 heterocycles. The molecule has 2 aromatic carbocycles. The minimum atomic E-state index is -1.31. The van der Waals surface area contributed by atoms with Crippen LogP contribution in [0.25, 0.3) is 0 Å². The summed E-state index contributed by atoms with van der Waals surface area (Å²) in [6.07, 6.45) is 1.84. The van der Waals surface area contributed by atoms with Gasteiger partial charge in [-0.15, -0.1) is 23.2 Å². The van der Waals surface area contributed by atoms with Gasteiger partial charge in [-0.1, -0.05) is 34.8 Å². The van der Waals surface area contributed by atoms with E-state index >= 15 is 0 Å². The van der Waals surface area contributed by atoms with Crippen molar-refractivity contribution in [3.63, 3.8) is 0 Å². The minimum absolute atomic E-state index is 0.113. The first kappa shape index (κ1) is 26.1. The number of Topliss-reactive ketones (excluding diaryl/α,β-unsaturated/α-hetero) is 1. The first-order chi connectivity index (χ1) is 15.5. The third-order valence-corrected chi connectivity index (χ3v) is 7.01. The molecule has 5 nitrogen and oxygen atoms in total. The predicted molar refractivity (Wildman–Crippen MR) is 134 cm³/mol. The highest BCUT2D eigenvalue weighted by molar-refractivity contribution is 6.53. The van der Waals surface area contributed by atoms with Crippen LogP contribution in [0.4, 0.5) is 5.69 Å². The third kappa shape index (κ3) is 6.55. The van der Waals surface area contributed by atoms with Gasteiger partial charge in [0.2, 0.25) is 5.91 Å². The molecule has 10 heteroatoms. The SMILES string of the molecule is CC(=O)CCCCNC(=O)c1cc(NC(=O)C2C(c3cc(Cl)cc(Cl)c3)C2(Cl)Cl)ccc1Cl. The molecule has 0 spiro atoms. The number of ketones is 1. The van der Waals surface area contributed by atoms with Crippen molar-refractivity contribution in [3.8, 4) is 0 Å². The van der Waals surface area contributed by atoms with Crippen LogP contribution in [0.3, 0.4) is 0 Å². The number of benzene rings is 2. The Bertz CT molecular complexity index is 1070. The quantitative estimate of drug-likeness (QED) is 0.271. The summed E-state index contributed by atoms with van der Waals surface area (Å²) in [5.74, 6) is -1.88. The number of hydrogen-bond donors (Lipinski definition) is 2. The lowest BCUT2D eigenvalue weighted by Crippen LogP contribution is -2.25. The fourth-order valence-corrected chi connectivity index (χ4v) is 5.19. The molecule has 33 heavy (non-hydrogen) atoms. The van der Waals surface area contributed by atoms with Crippen LogP contribution >= 0.6 is 58.0 Å². The second-order valence-electron chi connectivity index (χ2n) is 7.93. The molecule has 2 N–H and O–H groups in total. The molecule has 1 aliphatic rings. The van der Waals surface area contributed by atoms with Gasteiger partial charge in [0.25, 0.3) is 5.91 Å². The lowest BCUT2D eigenvalue weighted by molar-refractivity contribution is -0.118. The maximum atomic E-state index is 12.9. The second-order valence-corrected chi connectivity index (χ2v) is 10.7. The Morgan fingerprint density at radius 3 is 2.27 bits per heavy atom. The van der Waals surface area contributed by atoms with Crippen LogP contribution in [0.2, 0.25) is 15.1 Å². The first-order valence-corrected chi connectivity index (χ1v) is 12.1. The summed E-state index contributed by atoms with van der Waals surface area (Å²) in [6.45, 7) is 1.94. The lowest BCUT2D eigenvalue weighted by Gasteiger charge is -2.10. The van der Waals surface area contributed by atoms with Crippen LogP contribution in [0.15, 0.2) is 36.4 Å². The topological polar surface area (TPSA) is 75.3 Å². The van der Waals surface area contributed by atoms with Crippen LogP contribution < -0.4 is 10.6 Å². The number of halogens is 5. The standard InChI is InChI=1S/C23H21Cl5N2O3/c1-12(31)4-2-3-7-29-21(32)17-11-16(5-6-18(17)26)30-22(33)20-19(23(20,27)28)13-8-14(24)10-15(25)9-13/h5-6,8-11,19-20H,2-4,7H2,1H3,(H,29,32)(H,30,33). The smallest absolute Gasteiger partial charge is 0.252 e. The zero-order valence-corrected chi connectivity index (χ0v) is 21.3. The summed E-state index contributed by atoms with van der Waals surface area (Å²) in [6, 6.07) is 9.53. The van der Waals surface area contributed by atoms with Gasteiger partial charge in [-0.2, -0.15) is 0 Å². The molecule has 176 valence electrons. The number of unbranched alkanes of at least 4 members (excludes halogenated alkanes) is 1. The molecule has 1 aliphatic carbocycles. The summed E-state index contributed by atoms with van der Waals surface area (Å²) in [7, 11) is 0. The van der Waals surface area contributed by atoms with Crippen molar-refractivity contribution in [2.75, 3.05) is 11.9 Å². The van der Waals surface area contributed by atoms with E-state index in [-0.39, 0.29) is 22.3 Å². The lowest BCUT2D eigenvalue weighted by atomic mass is 10.1. The number of rotatable bonds is 9. The van der Waals surface area contributed by atoms with Crippen molar-refractivity contribution in [2.45, 2.75) is 36.4 Å². The summed E-state index contributed by atoms with van der Waals surface area (Å²) < 4.78 is -1.31. The first-order valence-electron chi connectivity index (χ1n) is 10.2. The van der Waals surface area contributed by atoms with Gasteiger partial charge in [0.15, 0.2) is 0 Å². The highest BCUT2D eigenvalue weighted by Gasteiger charge is 2.67. The van der Waals surface area contributed by atoms with Gasteiger partial charge < -0.3 is 15.4 Å². The molecule has 0 aromatic heterocycles. The fourth-order valence-electron chi connectivity index (χ4n) is 3.62. The van der Waals surface area contributed by atoms with Crippen LogP contribution in [-0.4, -0.2) is 28.5 Å². The largest absolute Gasteiger partial charge is 0.352 e. The van der Waals surface area contributed by atoms with Crippen LogP contribution in [0, 0.1) is 5.92 Å². The molecule has 1 fully saturated rings. The molecule has 2 amide bonds. The second kappa shape index (κ2) is 10.8. The van der Waals surface area contributed by atoms with Crippen molar-refractivity contribution in [1.82, 2.24) is 5.32 Å². The monoisotopic (exact) mass is 548 g/mol. The molecule has 0 saturated heterocycles. The van der Waals surface area contributed by atoms with Gasteiger partial charge in [-0.05, 0) is 61.7 Å². The van der Waals surface area contributed by atoms with Crippen molar-refractivity contribution < 1.29 is 14.4 Å². The normalized spacial score (nSPS) is 18.5. The average Bonchev–Trinajstić information content (AvgIpc) is 3.30. The van der Waals surface area contributed by atoms with Crippen LogP contribution in [0.1, 0.15) is 48.0 Å². The Morgan fingerprint density at radius 2 is 1.64 bits per heavy atom.